The number of rotatable bonds is 3. The van der Waals surface area contributed by atoms with E-state index in [-0.39, 0.29) is 24.7 Å². The molecule has 3 rings (SSSR count). The van der Waals surface area contributed by atoms with Crippen LogP contribution in [-0.2, 0) is 6.42 Å². The number of nitrogens with one attached hydrogen (secondary N) is 1. The van der Waals surface area contributed by atoms with E-state index in [0.717, 1.165) is 24.8 Å². The first-order chi connectivity index (χ1) is 10.7. The minimum atomic E-state index is -0.220. The third kappa shape index (κ3) is 3.10. The van der Waals surface area contributed by atoms with Gasteiger partial charge in [0, 0.05) is 17.8 Å². The number of nitrogens with zero attached hydrogens (tertiary/aromatic N) is 1. The molecule has 22 heavy (non-hydrogen) atoms. The molecule has 2 aliphatic rings. The summed E-state index contributed by atoms with van der Waals surface area (Å²) in [5.74, 6) is 0. The molecule has 120 valence electrons. The van der Waals surface area contributed by atoms with Crippen molar-refractivity contribution in [2.75, 3.05) is 19.4 Å². The number of aliphatic hydroxyl groups excluding tert-OH is 1. The third-order valence-electron chi connectivity index (χ3n) is 4.89. The number of carbonyl (C=O) groups excluding carboxylic acids is 1. The standard InChI is InChI=1S/C17H24N2O2S/c1-22-14-7-6-13(10-14)18-17(21)19-9-8-12-4-2-3-5-15(12)16(19)11-20/h2-5,13-14,16,20H,6-11H2,1H3,(H,18,21)/t13-,14+,16+/m0/s1. The summed E-state index contributed by atoms with van der Waals surface area (Å²) in [6, 6.07) is 8.14. The predicted octanol–water partition coefficient (Wildman–Crippen LogP) is 2.57. The summed E-state index contributed by atoms with van der Waals surface area (Å²) in [6.07, 6.45) is 6.29. The van der Waals surface area contributed by atoms with Crippen LogP contribution in [0.5, 0.6) is 0 Å². The van der Waals surface area contributed by atoms with Crippen molar-refractivity contribution in [1.82, 2.24) is 10.2 Å². The largest absolute Gasteiger partial charge is 0.394 e. The van der Waals surface area contributed by atoms with Crippen LogP contribution in [0.4, 0.5) is 4.79 Å². The lowest BCUT2D eigenvalue weighted by Crippen LogP contribution is -2.49. The number of urea groups is 1. The molecule has 1 aromatic rings. The van der Waals surface area contributed by atoms with E-state index in [9.17, 15) is 9.90 Å². The summed E-state index contributed by atoms with van der Waals surface area (Å²) in [5, 5.41) is 13.6. The summed E-state index contributed by atoms with van der Waals surface area (Å²) in [5.41, 5.74) is 2.33. The average Bonchev–Trinajstić information content (AvgIpc) is 3.01. The van der Waals surface area contributed by atoms with Crippen LogP contribution in [0, 0.1) is 0 Å². The number of fused-ring (bicyclic) bond motifs is 1. The quantitative estimate of drug-likeness (QED) is 0.900. The molecule has 2 N–H and O–H groups in total. The maximum Gasteiger partial charge on any atom is 0.318 e. The lowest BCUT2D eigenvalue weighted by Gasteiger charge is -2.37. The van der Waals surface area contributed by atoms with E-state index in [1.165, 1.54) is 12.0 Å². The smallest absolute Gasteiger partial charge is 0.318 e. The maximum absolute atomic E-state index is 12.6. The highest BCUT2D eigenvalue weighted by Crippen LogP contribution is 2.31. The van der Waals surface area contributed by atoms with E-state index in [1.807, 2.05) is 30.0 Å². The van der Waals surface area contributed by atoms with Crippen molar-refractivity contribution in [1.29, 1.82) is 0 Å². The van der Waals surface area contributed by atoms with Gasteiger partial charge in [0.05, 0.1) is 12.6 Å². The first-order valence-corrected chi connectivity index (χ1v) is 9.30. The first-order valence-electron chi connectivity index (χ1n) is 8.01. The summed E-state index contributed by atoms with van der Waals surface area (Å²) in [4.78, 5) is 14.4. The molecule has 1 heterocycles. The van der Waals surface area contributed by atoms with Crippen LogP contribution in [0.25, 0.3) is 0 Å². The van der Waals surface area contributed by atoms with Gasteiger partial charge in [-0.25, -0.2) is 4.79 Å². The first kappa shape index (κ1) is 15.7. The lowest BCUT2D eigenvalue weighted by atomic mass is 9.93. The maximum atomic E-state index is 12.6. The van der Waals surface area contributed by atoms with Gasteiger partial charge in [-0.05, 0) is 43.1 Å². The van der Waals surface area contributed by atoms with Crippen molar-refractivity contribution in [3.05, 3.63) is 35.4 Å². The van der Waals surface area contributed by atoms with Crippen LogP contribution in [0.3, 0.4) is 0 Å². The number of aliphatic hydroxyl groups is 1. The summed E-state index contributed by atoms with van der Waals surface area (Å²) in [7, 11) is 0. The fourth-order valence-corrected chi connectivity index (χ4v) is 4.43. The summed E-state index contributed by atoms with van der Waals surface area (Å²) < 4.78 is 0. The van der Waals surface area contributed by atoms with E-state index in [2.05, 4.69) is 17.6 Å². The molecule has 0 spiro atoms. The molecule has 4 nitrogen and oxygen atoms in total. The van der Waals surface area contributed by atoms with Gasteiger partial charge in [-0.1, -0.05) is 24.3 Å². The zero-order valence-electron chi connectivity index (χ0n) is 13.0. The molecule has 0 radical (unpaired) electrons. The average molecular weight is 320 g/mol. The molecule has 3 atom stereocenters. The van der Waals surface area contributed by atoms with Gasteiger partial charge in [0.15, 0.2) is 0 Å². The number of thioether (sulfide) groups is 1. The van der Waals surface area contributed by atoms with Gasteiger partial charge < -0.3 is 15.3 Å². The van der Waals surface area contributed by atoms with Crippen molar-refractivity contribution in [2.24, 2.45) is 0 Å². The fraction of sp³-hybridized carbons (Fsp3) is 0.588. The molecule has 1 saturated carbocycles. The van der Waals surface area contributed by atoms with Crippen LogP contribution in [0.15, 0.2) is 24.3 Å². The van der Waals surface area contributed by atoms with E-state index in [1.54, 1.807) is 4.90 Å². The van der Waals surface area contributed by atoms with Crippen molar-refractivity contribution in [3.8, 4) is 0 Å². The van der Waals surface area contributed by atoms with Crippen molar-refractivity contribution in [2.45, 2.75) is 43.0 Å². The Balaban J connectivity index is 1.68. The Morgan fingerprint density at radius 1 is 1.41 bits per heavy atom. The van der Waals surface area contributed by atoms with Gasteiger partial charge in [0.25, 0.3) is 0 Å². The second-order valence-corrected chi connectivity index (χ2v) is 7.30. The zero-order valence-corrected chi connectivity index (χ0v) is 13.8. The second-order valence-electron chi connectivity index (χ2n) is 6.16. The van der Waals surface area contributed by atoms with Gasteiger partial charge in [-0.2, -0.15) is 11.8 Å². The molecule has 0 unspecified atom stereocenters. The van der Waals surface area contributed by atoms with Gasteiger partial charge in [-0.15, -0.1) is 0 Å². The zero-order chi connectivity index (χ0) is 15.5. The number of carbonyl (C=O) groups is 1. The van der Waals surface area contributed by atoms with Crippen molar-refractivity contribution >= 4 is 17.8 Å². The minimum Gasteiger partial charge on any atom is -0.394 e. The minimum absolute atomic E-state index is 0.0253. The molecular weight excluding hydrogens is 296 g/mol. The van der Waals surface area contributed by atoms with E-state index in [0.29, 0.717) is 11.8 Å². The van der Waals surface area contributed by atoms with E-state index >= 15 is 0 Å². The third-order valence-corrected chi connectivity index (χ3v) is 5.99. The predicted molar refractivity (Wildman–Crippen MR) is 90.2 cm³/mol. The Kier molecular flexibility index (Phi) is 4.93. The topological polar surface area (TPSA) is 52.6 Å². The molecule has 0 aromatic heterocycles. The molecular formula is C17H24N2O2S. The Labute approximate surface area is 136 Å². The van der Waals surface area contributed by atoms with Crippen LogP contribution < -0.4 is 5.32 Å². The molecule has 0 bridgehead atoms. The van der Waals surface area contributed by atoms with Crippen LogP contribution in [-0.4, -0.2) is 46.7 Å². The van der Waals surface area contributed by atoms with Crippen LogP contribution in [0.1, 0.15) is 36.4 Å². The van der Waals surface area contributed by atoms with Crippen molar-refractivity contribution in [3.63, 3.8) is 0 Å². The van der Waals surface area contributed by atoms with Gasteiger partial charge >= 0.3 is 6.03 Å². The Hall–Kier alpha value is -1.20. The van der Waals surface area contributed by atoms with Crippen LogP contribution in [0.2, 0.25) is 0 Å². The molecule has 0 saturated heterocycles. The number of amides is 2. The summed E-state index contributed by atoms with van der Waals surface area (Å²) in [6.45, 7) is 0.648. The second kappa shape index (κ2) is 6.92. The van der Waals surface area contributed by atoms with Crippen LogP contribution >= 0.6 is 11.8 Å². The van der Waals surface area contributed by atoms with E-state index in [4.69, 9.17) is 0 Å². The molecule has 2 amide bonds. The molecule has 1 aromatic carbocycles. The lowest BCUT2D eigenvalue weighted by molar-refractivity contribution is 0.125. The number of hydrogen-bond donors (Lipinski definition) is 2. The Morgan fingerprint density at radius 2 is 2.23 bits per heavy atom. The SMILES string of the molecule is CS[C@@H]1CC[C@H](NC(=O)N2CCc3ccccc3[C@H]2CO)C1. The number of hydrogen-bond acceptors (Lipinski definition) is 3. The Morgan fingerprint density at radius 3 is 2.95 bits per heavy atom. The van der Waals surface area contributed by atoms with E-state index < -0.39 is 0 Å². The van der Waals surface area contributed by atoms with Crippen molar-refractivity contribution < 1.29 is 9.90 Å². The van der Waals surface area contributed by atoms with Gasteiger partial charge in [-0.3, -0.25) is 0 Å². The number of benzene rings is 1. The Bertz CT molecular complexity index is 537. The molecule has 1 fully saturated rings. The molecule has 1 aliphatic carbocycles. The van der Waals surface area contributed by atoms with Gasteiger partial charge in [0.1, 0.15) is 0 Å². The highest BCUT2D eigenvalue weighted by atomic mass is 32.2. The highest BCUT2D eigenvalue weighted by Gasteiger charge is 2.32. The summed E-state index contributed by atoms with van der Waals surface area (Å²) >= 11 is 1.89. The molecule has 1 aliphatic heterocycles. The highest BCUT2D eigenvalue weighted by molar-refractivity contribution is 7.99. The van der Waals surface area contributed by atoms with Gasteiger partial charge in [0.2, 0.25) is 0 Å². The monoisotopic (exact) mass is 320 g/mol. The normalized spacial score (nSPS) is 27.5. The molecule has 5 heteroatoms. The fourth-order valence-electron chi connectivity index (χ4n) is 3.63.